The van der Waals surface area contributed by atoms with Crippen molar-refractivity contribution in [1.29, 1.82) is 0 Å². The molecule has 0 spiro atoms. The molecule has 0 bridgehead atoms. The Morgan fingerprint density at radius 3 is 1.05 bits per heavy atom. The van der Waals surface area contributed by atoms with Crippen molar-refractivity contribution in [2.24, 2.45) is 0 Å². The van der Waals surface area contributed by atoms with Gasteiger partial charge in [-0.2, -0.15) is 0 Å². The average molecular weight is 1300 g/mol. The summed E-state index contributed by atoms with van der Waals surface area (Å²) in [5.41, 5.74) is 0. The van der Waals surface area contributed by atoms with E-state index in [1.807, 2.05) is 6.08 Å². The Labute approximate surface area is 568 Å². The SMILES string of the molecule is CCCCCC/C=C\CCCCCCCC(=O)OCCCCCCCCCCCCCCCCCCCC/C=C\CCCCCCCCCCCCCCCCCCCC(=O)NC(COC1OC(CO)C(O)C(O)C1O)C(O)/C=C/CCCCCCCCCCCC. The van der Waals surface area contributed by atoms with E-state index < -0.39 is 49.5 Å². The highest BCUT2D eigenvalue weighted by Crippen LogP contribution is 2.24. The second-order valence-electron chi connectivity index (χ2n) is 28.1. The molecule has 7 atom stereocenters. The standard InChI is InChI=1S/C81H153NO10/c1-3-5-7-9-11-13-15-44-49-53-57-61-65-69-77(86)90-70-66-62-58-54-50-46-43-41-39-37-35-33-31-29-27-25-23-21-19-17-18-20-22-24-26-28-30-32-34-36-38-40-42-45-48-52-56-60-64-68-76(85)82-73(72-91-81-80(89)79(88)78(87)75(71-83)92-81)74(84)67-63-59-55-51-47-16-14-12-10-8-6-4-2/h13,15,17-18,63,67,73-75,78-81,83-84,87-89H,3-12,14,16,19-62,64-66,68-72H2,1-2H3,(H,82,85)/b15-13-,18-17-,67-63+. The Morgan fingerprint density at radius 2 is 0.696 bits per heavy atom. The van der Waals surface area contributed by atoms with Gasteiger partial charge in [0.05, 0.1) is 32.0 Å². The van der Waals surface area contributed by atoms with Crippen LogP contribution in [-0.4, -0.2) is 100 Å². The largest absolute Gasteiger partial charge is 0.466 e. The number of aliphatic hydroxyl groups excluding tert-OH is 5. The number of hydrogen-bond acceptors (Lipinski definition) is 10. The van der Waals surface area contributed by atoms with E-state index >= 15 is 0 Å². The van der Waals surface area contributed by atoms with Gasteiger partial charge in [-0.15, -0.1) is 0 Å². The Kier molecular flexibility index (Phi) is 67.1. The zero-order chi connectivity index (χ0) is 66.5. The molecule has 92 heavy (non-hydrogen) atoms. The Bertz CT molecular complexity index is 1620. The third-order valence-electron chi connectivity index (χ3n) is 19.2. The molecule has 7 unspecified atom stereocenters. The van der Waals surface area contributed by atoms with Gasteiger partial charge in [-0.05, 0) is 83.5 Å². The summed E-state index contributed by atoms with van der Waals surface area (Å²) < 4.78 is 16.8. The van der Waals surface area contributed by atoms with Gasteiger partial charge in [-0.25, -0.2) is 0 Å². The van der Waals surface area contributed by atoms with Gasteiger partial charge in [0, 0.05) is 12.8 Å². The number of amides is 1. The summed E-state index contributed by atoms with van der Waals surface area (Å²) in [6, 6.07) is -0.806. The van der Waals surface area contributed by atoms with Crippen molar-refractivity contribution in [2.75, 3.05) is 19.8 Å². The lowest BCUT2D eigenvalue weighted by atomic mass is 9.99. The van der Waals surface area contributed by atoms with Crippen LogP contribution in [0.25, 0.3) is 0 Å². The van der Waals surface area contributed by atoms with Crippen LogP contribution in [-0.2, 0) is 23.8 Å². The van der Waals surface area contributed by atoms with Crippen LogP contribution in [0.15, 0.2) is 36.5 Å². The van der Waals surface area contributed by atoms with Gasteiger partial charge in [-0.3, -0.25) is 9.59 Å². The van der Waals surface area contributed by atoms with E-state index in [-0.39, 0.29) is 18.5 Å². The monoisotopic (exact) mass is 1300 g/mol. The molecule has 11 heteroatoms. The minimum absolute atomic E-state index is 0.00797. The molecule has 542 valence electrons. The molecule has 0 saturated carbocycles. The van der Waals surface area contributed by atoms with Crippen molar-refractivity contribution in [3.63, 3.8) is 0 Å². The van der Waals surface area contributed by atoms with E-state index in [2.05, 4.69) is 43.5 Å². The summed E-state index contributed by atoms with van der Waals surface area (Å²) in [6.07, 6.45) is 81.8. The average Bonchev–Trinajstić information content (AvgIpc) is 0.973. The van der Waals surface area contributed by atoms with E-state index in [1.54, 1.807) is 6.08 Å². The lowest BCUT2D eigenvalue weighted by Crippen LogP contribution is -2.60. The Hall–Kier alpha value is -2.12. The number of hydrogen-bond donors (Lipinski definition) is 6. The molecule has 0 aliphatic carbocycles. The van der Waals surface area contributed by atoms with Crippen LogP contribution in [0, 0.1) is 0 Å². The summed E-state index contributed by atoms with van der Waals surface area (Å²) in [7, 11) is 0. The van der Waals surface area contributed by atoms with Gasteiger partial charge in [0.1, 0.15) is 24.4 Å². The molecule has 6 N–H and O–H groups in total. The lowest BCUT2D eigenvalue weighted by molar-refractivity contribution is -0.302. The van der Waals surface area contributed by atoms with Crippen LogP contribution in [0.4, 0.5) is 0 Å². The number of carbonyl (C=O) groups is 2. The fourth-order valence-electron chi connectivity index (χ4n) is 12.9. The Morgan fingerprint density at radius 1 is 0.391 bits per heavy atom. The number of carbonyl (C=O) groups excluding carboxylic acids is 2. The summed E-state index contributed by atoms with van der Waals surface area (Å²) in [5.74, 6) is -0.167. The lowest BCUT2D eigenvalue weighted by Gasteiger charge is -2.40. The van der Waals surface area contributed by atoms with Gasteiger partial charge in [0.15, 0.2) is 6.29 Å². The predicted molar refractivity (Wildman–Crippen MR) is 389 cm³/mol. The number of ether oxygens (including phenoxy) is 3. The fourth-order valence-corrected chi connectivity index (χ4v) is 12.9. The summed E-state index contributed by atoms with van der Waals surface area (Å²) in [6.45, 7) is 4.37. The second kappa shape index (κ2) is 70.2. The number of nitrogens with one attached hydrogen (secondary N) is 1. The maximum absolute atomic E-state index is 13.1. The maximum Gasteiger partial charge on any atom is 0.305 e. The molecule has 0 aromatic rings. The summed E-state index contributed by atoms with van der Waals surface area (Å²) in [4.78, 5) is 25.1. The normalized spacial score (nSPS) is 17.7. The molecule has 11 nitrogen and oxygen atoms in total. The highest BCUT2D eigenvalue weighted by molar-refractivity contribution is 5.76. The predicted octanol–water partition coefficient (Wildman–Crippen LogP) is 21.7. The molecule has 1 fully saturated rings. The highest BCUT2D eigenvalue weighted by atomic mass is 16.7. The first kappa shape index (κ1) is 87.9. The molecule has 0 aromatic heterocycles. The van der Waals surface area contributed by atoms with Crippen LogP contribution >= 0.6 is 0 Å². The molecule has 0 radical (unpaired) electrons. The van der Waals surface area contributed by atoms with Gasteiger partial charge in [0.25, 0.3) is 0 Å². The number of aliphatic hydroxyl groups is 5. The fraction of sp³-hybridized carbons (Fsp3) is 0.901. The maximum atomic E-state index is 13.1. The molecule has 1 amide bonds. The van der Waals surface area contributed by atoms with Crippen LogP contribution in [0.5, 0.6) is 0 Å². The number of esters is 1. The minimum atomic E-state index is -1.57. The topological polar surface area (TPSA) is 175 Å². The zero-order valence-electron chi connectivity index (χ0n) is 60.5. The minimum Gasteiger partial charge on any atom is -0.466 e. The molecule has 1 aliphatic rings. The van der Waals surface area contributed by atoms with E-state index in [0.29, 0.717) is 19.4 Å². The van der Waals surface area contributed by atoms with E-state index in [1.165, 1.54) is 321 Å². The first-order valence-electron chi connectivity index (χ1n) is 40.3. The van der Waals surface area contributed by atoms with Gasteiger partial charge < -0.3 is 45.1 Å². The van der Waals surface area contributed by atoms with Gasteiger partial charge in [0.2, 0.25) is 5.91 Å². The van der Waals surface area contributed by atoms with E-state index in [0.717, 1.165) is 57.8 Å². The van der Waals surface area contributed by atoms with Crippen LogP contribution < -0.4 is 5.32 Å². The summed E-state index contributed by atoms with van der Waals surface area (Å²) >= 11 is 0. The van der Waals surface area contributed by atoms with Crippen LogP contribution in [0.1, 0.15) is 406 Å². The smallest absolute Gasteiger partial charge is 0.305 e. The summed E-state index contributed by atoms with van der Waals surface area (Å²) in [5, 5.41) is 54.5. The van der Waals surface area contributed by atoms with Crippen LogP contribution in [0.3, 0.4) is 0 Å². The van der Waals surface area contributed by atoms with Crippen molar-refractivity contribution in [3.8, 4) is 0 Å². The Balaban J connectivity index is 1.88. The molecule has 1 aliphatic heterocycles. The van der Waals surface area contributed by atoms with Crippen molar-refractivity contribution in [1.82, 2.24) is 5.32 Å². The van der Waals surface area contributed by atoms with E-state index in [4.69, 9.17) is 14.2 Å². The molecular formula is C81H153NO10. The number of rotatable bonds is 72. The molecule has 1 heterocycles. The van der Waals surface area contributed by atoms with Gasteiger partial charge in [-0.1, -0.05) is 346 Å². The van der Waals surface area contributed by atoms with Crippen molar-refractivity contribution >= 4 is 11.9 Å². The van der Waals surface area contributed by atoms with Crippen molar-refractivity contribution in [2.45, 2.75) is 448 Å². The quantitative estimate of drug-likeness (QED) is 0.0195. The molecular weight excluding hydrogens is 1150 g/mol. The first-order chi connectivity index (χ1) is 45.2. The molecule has 1 rings (SSSR count). The van der Waals surface area contributed by atoms with Crippen LogP contribution in [0.2, 0.25) is 0 Å². The number of unbranched alkanes of at least 4 members (excludes halogenated alkanes) is 54. The van der Waals surface area contributed by atoms with E-state index in [9.17, 15) is 35.1 Å². The highest BCUT2D eigenvalue weighted by Gasteiger charge is 2.44. The molecule has 1 saturated heterocycles. The second-order valence-corrected chi connectivity index (χ2v) is 28.1. The molecule has 0 aromatic carbocycles. The number of allylic oxidation sites excluding steroid dienone is 5. The van der Waals surface area contributed by atoms with Crippen molar-refractivity contribution in [3.05, 3.63) is 36.5 Å². The first-order valence-corrected chi connectivity index (χ1v) is 40.3. The third-order valence-corrected chi connectivity index (χ3v) is 19.2. The zero-order valence-corrected chi connectivity index (χ0v) is 60.5. The van der Waals surface area contributed by atoms with Crippen molar-refractivity contribution < 1.29 is 49.3 Å². The third kappa shape index (κ3) is 58.1. The van der Waals surface area contributed by atoms with Gasteiger partial charge >= 0.3 is 5.97 Å².